The Morgan fingerprint density at radius 3 is 2.31 bits per heavy atom. The van der Waals surface area contributed by atoms with Crippen LogP contribution in [0.5, 0.6) is 11.5 Å². The first-order chi connectivity index (χ1) is 19.0. The molecule has 0 radical (unpaired) electrons. The molecule has 0 fully saturated rings. The number of benzene rings is 3. The van der Waals surface area contributed by atoms with Crippen LogP contribution in [-0.4, -0.2) is 30.1 Å². The van der Waals surface area contributed by atoms with Gasteiger partial charge in [-0.2, -0.15) is 0 Å². The number of hydrogen-bond acceptors (Lipinski definition) is 6. The van der Waals surface area contributed by atoms with Crippen molar-refractivity contribution in [1.29, 1.82) is 0 Å². The molecule has 0 aliphatic rings. The lowest BCUT2D eigenvalue weighted by Gasteiger charge is -2.13. The molecule has 0 aliphatic carbocycles. The molecule has 5 rings (SSSR count). The summed E-state index contributed by atoms with van der Waals surface area (Å²) in [6.45, 7) is 0.390. The number of hydrogen-bond donors (Lipinski definition) is 2. The molecule has 5 aromatic rings. The Morgan fingerprint density at radius 1 is 0.846 bits per heavy atom. The summed E-state index contributed by atoms with van der Waals surface area (Å²) in [7, 11) is 3.24. The molecular formula is C31H27ClN4O3. The lowest BCUT2D eigenvalue weighted by molar-refractivity contribution is 0.0951. The van der Waals surface area contributed by atoms with Crippen LogP contribution in [0.1, 0.15) is 27.0 Å². The van der Waals surface area contributed by atoms with Gasteiger partial charge in [-0.3, -0.25) is 9.78 Å². The number of fused-ring (bicyclic) bond motifs is 1. The van der Waals surface area contributed by atoms with Crippen molar-refractivity contribution in [3.8, 4) is 11.5 Å². The summed E-state index contributed by atoms with van der Waals surface area (Å²) < 4.78 is 10.9. The van der Waals surface area contributed by atoms with Crippen molar-refractivity contribution in [3.05, 3.63) is 119 Å². The van der Waals surface area contributed by atoms with E-state index in [-0.39, 0.29) is 5.91 Å². The van der Waals surface area contributed by atoms with E-state index >= 15 is 0 Å². The fourth-order valence-electron chi connectivity index (χ4n) is 4.31. The van der Waals surface area contributed by atoms with E-state index < -0.39 is 0 Å². The third kappa shape index (κ3) is 6.10. The predicted octanol–water partition coefficient (Wildman–Crippen LogP) is 6.56. The highest BCUT2D eigenvalue weighted by molar-refractivity contribution is 6.30. The Kier molecular flexibility index (Phi) is 7.89. The van der Waals surface area contributed by atoms with Crippen molar-refractivity contribution in [2.24, 2.45) is 0 Å². The van der Waals surface area contributed by atoms with E-state index in [0.29, 0.717) is 34.4 Å². The highest BCUT2D eigenvalue weighted by Crippen LogP contribution is 2.33. The summed E-state index contributed by atoms with van der Waals surface area (Å²) in [6, 6.07) is 24.8. The number of pyridine rings is 2. The number of anilines is 2. The third-order valence-electron chi connectivity index (χ3n) is 6.37. The topological polar surface area (TPSA) is 85.4 Å². The van der Waals surface area contributed by atoms with Crippen molar-refractivity contribution >= 4 is 39.9 Å². The van der Waals surface area contributed by atoms with Gasteiger partial charge in [-0.05, 0) is 71.6 Å². The van der Waals surface area contributed by atoms with Crippen LogP contribution in [0.2, 0.25) is 5.02 Å². The maximum absolute atomic E-state index is 12.9. The van der Waals surface area contributed by atoms with Crippen molar-refractivity contribution in [3.63, 3.8) is 0 Å². The van der Waals surface area contributed by atoms with Gasteiger partial charge in [0, 0.05) is 41.1 Å². The average Bonchev–Trinajstić information content (AvgIpc) is 2.97. The molecule has 8 heteroatoms. The lowest BCUT2D eigenvalue weighted by Crippen LogP contribution is -2.24. The van der Waals surface area contributed by atoms with Gasteiger partial charge in [-0.15, -0.1) is 0 Å². The SMILES string of the molecule is COc1cc2nccc(Cc3ccc(Nc4ncccc4C(=O)NCc4ccc(Cl)cc4)cc3)c2cc1OC. The molecule has 3 aromatic carbocycles. The maximum atomic E-state index is 12.9. The average molecular weight is 539 g/mol. The zero-order valence-electron chi connectivity index (χ0n) is 21.6. The van der Waals surface area contributed by atoms with Crippen LogP contribution in [0.25, 0.3) is 10.9 Å². The molecule has 1 amide bonds. The largest absolute Gasteiger partial charge is 0.493 e. The number of rotatable bonds is 9. The number of amides is 1. The van der Waals surface area contributed by atoms with E-state index in [1.807, 2.05) is 42.5 Å². The minimum Gasteiger partial charge on any atom is -0.493 e. The molecule has 0 unspecified atom stereocenters. The number of methoxy groups -OCH3 is 2. The van der Waals surface area contributed by atoms with Gasteiger partial charge in [0.1, 0.15) is 5.82 Å². The summed E-state index contributed by atoms with van der Waals surface area (Å²) in [5, 5.41) is 7.89. The monoisotopic (exact) mass is 538 g/mol. The van der Waals surface area contributed by atoms with Gasteiger partial charge >= 0.3 is 0 Å². The van der Waals surface area contributed by atoms with Crippen molar-refractivity contribution < 1.29 is 14.3 Å². The van der Waals surface area contributed by atoms with Crippen molar-refractivity contribution in [2.75, 3.05) is 19.5 Å². The molecule has 0 saturated carbocycles. The molecule has 7 nitrogen and oxygen atoms in total. The van der Waals surface area contributed by atoms with Gasteiger partial charge in [0.15, 0.2) is 11.5 Å². The number of ether oxygens (including phenoxy) is 2. The van der Waals surface area contributed by atoms with Crippen LogP contribution in [-0.2, 0) is 13.0 Å². The molecule has 0 spiro atoms. The summed E-state index contributed by atoms with van der Waals surface area (Å²) >= 11 is 5.95. The number of carbonyl (C=O) groups is 1. The number of aromatic nitrogens is 2. The number of nitrogens with one attached hydrogen (secondary N) is 2. The fourth-order valence-corrected chi connectivity index (χ4v) is 4.44. The molecule has 2 heterocycles. The normalized spacial score (nSPS) is 10.7. The van der Waals surface area contributed by atoms with Gasteiger partial charge < -0.3 is 20.1 Å². The molecular weight excluding hydrogens is 512 g/mol. The highest BCUT2D eigenvalue weighted by atomic mass is 35.5. The summed E-state index contributed by atoms with van der Waals surface area (Å²) in [5.41, 5.74) is 5.36. The number of carbonyl (C=O) groups excluding carboxylic acids is 1. The van der Waals surface area contributed by atoms with Crippen molar-refractivity contribution in [1.82, 2.24) is 15.3 Å². The molecule has 2 N–H and O–H groups in total. The third-order valence-corrected chi connectivity index (χ3v) is 6.62. The number of halogens is 1. The first-order valence-electron chi connectivity index (χ1n) is 12.4. The second-order valence-corrected chi connectivity index (χ2v) is 9.34. The smallest absolute Gasteiger partial charge is 0.255 e. The molecule has 0 bridgehead atoms. The van der Waals surface area contributed by atoms with Gasteiger partial charge in [-0.1, -0.05) is 35.9 Å². The zero-order valence-corrected chi connectivity index (χ0v) is 22.3. The van der Waals surface area contributed by atoms with Crippen LogP contribution in [0.3, 0.4) is 0 Å². The molecule has 0 saturated heterocycles. The summed E-state index contributed by atoms with van der Waals surface area (Å²) in [6.07, 6.45) is 4.18. The Morgan fingerprint density at radius 2 is 1.56 bits per heavy atom. The lowest BCUT2D eigenvalue weighted by atomic mass is 10.0. The van der Waals surface area contributed by atoms with Gasteiger partial charge in [0.25, 0.3) is 5.91 Å². The van der Waals surface area contributed by atoms with Gasteiger partial charge in [0.05, 0.1) is 25.3 Å². The Hall–Kier alpha value is -4.62. The van der Waals surface area contributed by atoms with E-state index in [2.05, 4.69) is 32.7 Å². The second kappa shape index (κ2) is 11.8. The summed E-state index contributed by atoms with van der Waals surface area (Å²) in [5.74, 6) is 1.59. The van der Waals surface area contributed by atoms with E-state index in [0.717, 1.165) is 39.7 Å². The number of nitrogens with zero attached hydrogens (tertiary/aromatic N) is 2. The van der Waals surface area contributed by atoms with Gasteiger partial charge in [-0.25, -0.2) is 4.98 Å². The minimum atomic E-state index is -0.214. The molecule has 39 heavy (non-hydrogen) atoms. The Labute approximate surface area is 231 Å². The van der Waals surface area contributed by atoms with Gasteiger partial charge in [0.2, 0.25) is 0 Å². The van der Waals surface area contributed by atoms with E-state index in [1.165, 1.54) is 0 Å². The molecule has 0 aliphatic heterocycles. The first kappa shape index (κ1) is 26.0. The quantitative estimate of drug-likeness (QED) is 0.221. The fraction of sp³-hybridized carbons (Fsp3) is 0.129. The first-order valence-corrected chi connectivity index (χ1v) is 12.7. The Bertz CT molecular complexity index is 1610. The summed E-state index contributed by atoms with van der Waals surface area (Å²) in [4.78, 5) is 21.8. The highest BCUT2D eigenvalue weighted by Gasteiger charge is 2.13. The zero-order chi connectivity index (χ0) is 27.2. The minimum absolute atomic E-state index is 0.214. The van der Waals surface area contributed by atoms with E-state index in [1.54, 1.807) is 50.9 Å². The molecule has 0 atom stereocenters. The van der Waals surface area contributed by atoms with E-state index in [9.17, 15) is 4.79 Å². The standard InChI is InChI=1S/C31H27ClN4O3/c1-38-28-17-26-22(13-15-33-27(26)18-29(28)39-2)16-20-7-11-24(12-8-20)36-30-25(4-3-14-34-30)31(37)35-19-21-5-9-23(32)10-6-21/h3-15,17-18H,16,19H2,1-2H3,(H,34,36)(H,35,37). The maximum Gasteiger partial charge on any atom is 0.255 e. The van der Waals surface area contributed by atoms with Crippen LogP contribution in [0.4, 0.5) is 11.5 Å². The van der Waals surface area contributed by atoms with Crippen molar-refractivity contribution in [2.45, 2.75) is 13.0 Å². The second-order valence-electron chi connectivity index (χ2n) is 8.90. The van der Waals surface area contributed by atoms with Crippen LogP contribution >= 0.6 is 11.6 Å². The van der Waals surface area contributed by atoms with E-state index in [4.69, 9.17) is 21.1 Å². The van der Waals surface area contributed by atoms with Crippen LogP contribution in [0, 0.1) is 0 Å². The van der Waals surface area contributed by atoms with Crippen LogP contribution in [0.15, 0.2) is 91.3 Å². The van der Waals surface area contributed by atoms with Crippen LogP contribution < -0.4 is 20.1 Å². The molecule has 196 valence electrons. The molecule has 2 aromatic heterocycles. The Balaban J connectivity index is 1.29. The predicted molar refractivity (Wildman–Crippen MR) is 154 cm³/mol.